The minimum absolute atomic E-state index is 1.26. The second-order valence-electron chi connectivity index (χ2n) is 3.50. The van der Waals surface area contributed by atoms with Crippen molar-refractivity contribution in [3.05, 3.63) is 35.9 Å². The summed E-state index contributed by atoms with van der Waals surface area (Å²) in [6, 6.07) is 12.2. The van der Waals surface area contributed by atoms with Gasteiger partial charge < -0.3 is 0 Å². The number of aryl methyl sites for hydroxylation is 1. The molecule has 71 valence electrons. The van der Waals surface area contributed by atoms with E-state index in [9.17, 15) is 0 Å². The Morgan fingerprint density at radius 2 is 1.54 bits per heavy atom. The minimum atomic E-state index is 1.26. The summed E-state index contributed by atoms with van der Waals surface area (Å²) in [6.07, 6.45) is 6.83. The maximum absolute atomic E-state index is 2.22. The Morgan fingerprint density at radius 1 is 0.846 bits per heavy atom. The number of rotatable bonds is 6. The molecule has 0 N–H and O–H groups in total. The Kier molecular flexibility index (Phi) is 5.58. The van der Waals surface area contributed by atoms with Crippen LogP contribution >= 0.6 is 0 Å². The quantitative estimate of drug-likeness (QED) is 0.479. The highest BCUT2D eigenvalue weighted by Gasteiger charge is 1.91. The van der Waals surface area contributed by atoms with Gasteiger partial charge in [0, 0.05) is 10.2 Å². The highest BCUT2D eigenvalue weighted by Crippen LogP contribution is 2.07. The van der Waals surface area contributed by atoms with Crippen molar-refractivity contribution in [2.24, 2.45) is 0 Å². The molecule has 0 aliphatic heterocycles. The van der Waals surface area contributed by atoms with E-state index in [1.807, 2.05) is 0 Å². The van der Waals surface area contributed by atoms with Gasteiger partial charge in [0.05, 0.1) is 0 Å². The Hall–Kier alpha value is -0.563. The lowest BCUT2D eigenvalue weighted by molar-refractivity contribution is 0.666. The minimum Gasteiger partial charge on any atom is -0.0652 e. The predicted octanol–water partition coefficient (Wildman–Crippen LogP) is 2.84. The topological polar surface area (TPSA) is 0 Å². The molecular formula is C12H19Si. The molecule has 0 heterocycles. The lowest BCUT2D eigenvalue weighted by Crippen LogP contribution is -1.85. The molecule has 0 nitrogen and oxygen atoms in total. The van der Waals surface area contributed by atoms with Crippen molar-refractivity contribution >= 4 is 10.2 Å². The Morgan fingerprint density at radius 3 is 2.23 bits per heavy atom. The van der Waals surface area contributed by atoms with Gasteiger partial charge in [-0.3, -0.25) is 0 Å². The van der Waals surface area contributed by atoms with Gasteiger partial charge in [0.2, 0.25) is 0 Å². The molecule has 0 amide bonds. The summed E-state index contributed by atoms with van der Waals surface area (Å²) in [4.78, 5) is 0. The van der Waals surface area contributed by atoms with Crippen LogP contribution in [0.2, 0.25) is 6.04 Å². The van der Waals surface area contributed by atoms with Gasteiger partial charge >= 0.3 is 0 Å². The molecule has 0 saturated heterocycles. The van der Waals surface area contributed by atoms with E-state index in [0.717, 1.165) is 0 Å². The first-order chi connectivity index (χ1) is 6.43. The number of hydrogen-bond acceptors (Lipinski definition) is 0. The van der Waals surface area contributed by atoms with Crippen LogP contribution in [-0.2, 0) is 6.42 Å². The summed E-state index contributed by atoms with van der Waals surface area (Å²) in [5.41, 5.74) is 1.49. The summed E-state index contributed by atoms with van der Waals surface area (Å²) >= 11 is 0. The summed E-state index contributed by atoms with van der Waals surface area (Å²) in [5.74, 6) is 0. The van der Waals surface area contributed by atoms with Gasteiger partial charge in [-0.05, 0) is 18.4 Å². The third-order valence-electron chi connectivity index (χ3n) is 2.31. The molecule has 0 unspecified atom stereocenters. The first-order valence-corrected chi connectivity index (χ1v) is 6.26. The zero-order valence-electron chi connectivity index (χ0n) is 8.34. The van der Waals surface area contributed by atoms with E-state index in [1.54, 1.807) is 0 Å². The maximum Gasteiger partial charge on any atom is 0.00797 e. The highest BCUT2D eigenvalue weighted by atomic mass is 28.1. The van der Waals surface area contributed by atoms with Crippen molar-refractivity contribution in [2.45, 2.75) is 38.1 Å². The monoisotopic (exact) mass is 191 g/mol. The fourth-order valence-corrected chi connectivity index (χ4v) is 1.86. The zero-order chi connectivity index (χ0) is 9.36. The van der Waals surface area contributed by atoms with Gasteiger partial charge in [0.25, 0.3) is 0 Å². The van der Waals surface area contributed by atoms with Crippen LogP contribution in [0, 0.1) is 0 Å². The van der Waals surface area contributed by atoms with Crippen LogP contribution in [0.4, 0.5) is 0 Å². The first kappa shape index (κ1) is 10.5. The molecule has 1 rings (SSSR count). The summed E-state index contributed by atoms with van der Waals surface area (Å²) in [7, 11) is 2.09. The molecule has 0 saturated carbocycles. The van der Waals surface area contributed by atoms with E-state index in [0.29, 0.717) is 0 Å². The maximum atomic E-state index is 2.22. The smallest absolute Gasteiger partial charge is 0.00797 e. The molecule has 1 aromatic carbocycles. The van der Waals surface area contributed by atoms with Crippen LogP contribution < -0.4 is 0 Å². The summed E-state index contributed by atoms with van der Waals surface area (Å²) in [5, 5.41) is 0. The average Bonchev–Trinajstić information content (AvgIpc) is 2.19. The molecule has 0 aliphatic carbocycles. The predicted molar refractivity (Wildman–Crippen MR) is 62.0 cm³/mol. The van der Waals surface area contributed by atoms with E-state index in [1.165, 1.54) is 43.7 Å². The molecule has 0 fully saturated rings. The number of benzene rings is 1. The molecule has 1 radical (unpaired) electrons. The van der Waals surface area contributed by atoms with Crippen LogP contribution in [0.5, 0.6) is 0 Å². The average molecular weight is 191 g/mol. The van der Waals surface area contributed by atoms with Gasteiger partial charge in [-0.15, -0.1) is 0 Å². The van der Waals surface area contributed by atoms with E-state index < -0.39 is 0 Å². The second kappa shape index (κ2) is 6.90. The summed E-state index contributed by atoms with van der Waals surface area (Å²) in [6.45, 7) is 0. The van der Waals surface area contributed by atoms with Crippen LogP contribution in [0.1, 0.15) is 31.2 Å². The van der Waals surface area contributed by atoms with E-state index in [2.05, 4.69) is 40.6 Å². The van der Waals surface area contributed by atoms with Gasteiger partial charge in [-0.2, -0.15) is 0 Å². The third kappa shape index (κ3) is 4.89. The standard InChI is InChI=1S/C12H19Si/c13-11-7-2-1-4-8-12-9-5-3-6-10-12/h3,5-6,9-10H,1-2,4,7-8,11,13H2. The van der Waals surface area contributed by atoms with Crippen LogP contribution in [0.15, 0.2) is 30.3 Å². The van der Waals surface area contributed by atoms with Gasteiger partial charge in [0.1, 0.15) is 0 Å². The molecule has 0 atom stereocenters. The van der Waals surface area contributed by atoms with Crippen molar-refractivity contribution in [1.82, 2.24) is 0 Å². The van der Waals surface area contributed by atoms with Crippen molar-refractivity contribution < 1.29 is 0 Å². The largest absolute Gasteiger partial charge is 0.0652 e. The van der Waals surface area contributed by atoms with Crippen LogP contribution in [-0.4, -0.2) is 10.2 Å². The fourth-order valence-electron chi connectivity index (χ4n) is 1.50. The third-order valence-corrected chi connectivity index (χ3v) is 2.81. The second-order valence-corrected chi connectivity index (χ2v) is 4.21. The van der Waals surface area contributed by atoms with Crippen molar-refractivity contribution in [1.29, 1.82) is 0 Å². The number of unbranched alkanes of at least 4 members (excludes halogenated alkanes) is 3. The molecule has 0 spiro atoms. The van der Waals surface area contributed by atoms with Crippen molar-refractivity contribution in [3.8, 4) is 0 Å². The van der Waals surface area contributed by atoms with Crippen molar-refractivity contribution in [2.75, 3.05) is 0 Å². The highest BCUT2D eigenvalue weighted by molar-refractivity contribution is 6.08. The SMILES string of the molecule is [SiH2]CCCCCCc1ccccc1. The Bertz CT molecular complexity index is 206. The Balaban J connectivity index is 2.07. The van der Waals surface area contributed by atoms with E-state index in [4.69, 9.17) is 0 Å². The number of hydrogen-bond donors (Lipinski definition) is 0. The zero-order valence-corrected chi connectivity index (χ0v) is 9.75. The molecule has 0 bridgehead atoms. The molecular weight excluding hydrogens is 172 g/mol. The molecule has 1 aromatic rings. The van der Waals surface area contributed by atoms with Crippen molar-refractivity contribution in [3.63, 3.8) is 0 Å². The van der Waals surface area contributed by atoms with Crippen LogP contribution in [0.3, 0.4) is 0 Å². The molecule has 0 aliphatic rings. The molecule has 13 heavy (non-hydrogen) atoms. The fraction of sp³-hybridized carbons (Fsp3) is 0.500. The molecule has 0 aromatic heterocycles. The first-order valence-electron chi connectivity index (χ1n) is 5.26. The molecule has 1 heteroatoms. The van der Waals surface area contributed by atoms with E-state index >= 15 is 0 Å². The van der Waals surface area contributed by atoms with Crippen LogP contribution in [0.25, 0.3) is 0 Å². The van der Waals surface area contributed by atoms with Gasteiger partial charge in [0.15, 0.2) is 0 Å². The Labute approximate surface area is 84.8 Å². The van der Waals surface area contributed by atoms with E-state index in [-0.39, 0.29) is 0 Å². The van der Waals surface area contributed by atoms with Gasteiger partial charge in [-0.25, -0.2) is 0 Å². The normalized spacial score (nSPS) is 10.2. The lowest BCUT2D eigenvalue weighted by atomic mass is 10.1. The summed E-state index contributed by atoms with van der Waals surface area (Å²) < 4.78 is 0. The van der Waals surface area contributed by atoms with Gasteiger partial charge in [-0.1, -0.05) is 55.6 Å². The lowest BCUT2D eigenvalue weighted by Gasteiger charge is -2.00.